The average Bonchev–Trinajstić information content (AvgIpc) is 3.48. The SMILES string of the molecule is Cn1cc(-c2ccc(N(C(=O)NCc3ccccc3)C3CCC(Nc4nccc(-c5cccnc5)n4)CC3)cc2)cn1. The van der Waals surface area contributed by atoms with Crippen LogP contribution in [0, 0.1) is 0 Å². The molecule has 0 aliphatic heterocycles. The normalized spacial score (nSPS) is 16.5. The highest BCUT2D eigenvalue weighted by Gasteiger charge is 2.30. The van der Waals surface area contributed by atoms with E-state index in [9.17, 15) is 4.79 Å². The fourth-order valence-electron chi connectivity index (χ4n) is 5.50. The van der Waals surface area contributed by atoms with Crippen LogP contribution in [0.5, 0.6) is 0 Å². The first-order chi connectivity index (χ1) is 20.6. The molecule has 2 aromatic carbocycles. The molecule has 1 saturated carbocycles. The Kier molecular flexibility index (Phi) is 8.16. The first kappa shape index (κ1) is 27.1. The Morgan fingerprint density at radius 3 is 2.40 bits per heavy atom. The van der Waals surface area contributed by atoms with Crippen molar-refractivity contribution < 1.29 is 4.79 Å². The number of carbonyl (C=O) groups excluding carboxylic acids is 1. The van der Waals surface area contributed by atoms with Gasteiger partial charge < -0.3 is 10.6 Å². The van der Waals surface area contributed by atoms with Gasteiger partial charge in [0.1, 0.15) is 0 Å². The van der Waals surface area contributed by atoms with Crippen LogP contribution in [0.1, 0.15) is 31.2 Å². The molecule has 1 aliphatic rings. The van der Waals surface area contributed by atoms with Gasteiger partial charge in [-0.15, -0.1) is 0 Å². The average molecular weight is 559 g/mol. The maximum atomic E-state index is 13.7. The van der Waals surface area contributed by atoms with Gasteiger partial charge in [0.15, 0.2) is 0 Å². The molecular formula is C33H34N8O. The van der Waals surface area contributed by atoms with Crippen molar-refractivity contribution in [2.45, 2.75) is 44.3 Å². The van der Waals surface area contributed by atoms with Crippen molar-refractivity contribution in [3.05, 3.63) is 109 Å². The van der Waals surface area contributed by atoms with Gasteiger partial charge in [0.2, 0.25) is 5.95 Å². The fraction of sp³-hybridized carbons (Fsp3) is 0.242. The molecule has 0 radical (unpaired) electrons. The van der Waals surface area contributed by atoms with E-state index in [1.54, 1.807) is 23.3 Å². The third-order valence-corrected chi connectivity index (χ3v) is 7.70. The summed E-state index contributed by atoms with van der Waals surface area (Å²) in [4.78, 5) is 29.0. The first-order valence-corrected chi connectivity index (χ1v) is 14.3. The maximum Gasteiger partial charge on any atom is 0.322 e. The van der Waals surface area contributed by atoms with Crippen LogP contribution in [0.2, 0.25) is 0 Å². The molecule has 0 bridgehead atoms. The number of urea groups is 1. The molecule has 42 heavy (non-hydrogen) atoms. The number of carbonyl (C=O) groups is 1. The number of amides is 2. The predicted molar refractivity (Wildman–Crippen MR) is 165 cm³/mol. The predicted octanol–water partition coefficient (Wildman–Crippen LogP) is 6.08. The molecule has 0 unspecified atom stereocenters. The van der Waals surface area contributed by atoms with Gasteiger partial charge in [0.25, 0.3) is 0 Å². The lowest BCUT2D eigenvalue weighted by Gasteiger charge is -2.37. The second-order valence-corrected chi connectivity index (χ2v) is 10.6. The van der Waals surface area contributed by atoms with Crippen LogP contribution in [-0.4, -0.2) is 42.8 Å². The summed E-state index contributed by atoms with van der Waals surface area (Å²) in [6.45, 7) is 0.478. The Morgan fingerprint density at radius 1 is 0.881 bits per heavy atom. The van der Waals surface area contributed by atoms with Gasteiger partial charge in [0, 0.05) is 67.3 Å². The summed E-state index contributed by atoms with van der Waals surface area (Å²) in [6, 6.07) is 24.2. The van der Waals surface area contributed by atoms with Gasteiger partial charge in [-0.05, 0) is 67.1 Å². The monoisotopic (exact) mass is 558 g/mol. The highest BCUT2D eigenvalue weighted by atomic mass is 16.2. The molecule has 2 amide bonds. The minimum absolute atomic E-state index is 0.0747. The topological polar surface area (TPSA) is 101 Å². The molecule has 0 atom stereocenters. The molecule has 9 nitrogen and oxygen atoms in total. The van der Waals surface area contributed by atoms with E-state index < -0.39 is 0 Å². The summed E-state index contributed by atoms with van der Waals surface area (Å²) in [5.41, 5.74) is 5.86. The zero-order chi connectivity index (χ0) is 28.7. The van der Waals surface area contributed by atoms with Gasteiger partial charge in [0.05, 0.1) is 11.9 Å². The Morgan fingerprint density at radius 2 is 1.69 bits per heavy atom. The summed E-state index contributed by atoms with van der Waals surface area (Å²) >= 11 is 0. The van der Waals surface area contributed by atoms with E-state index in [-0.39, 0.29) is 18.1 Å². The Labute approximate surface area is 245 Å². The van der Waals surface area contributed by atoms with Crippen molar-refractivity contribution in [1.29, 1.82) is 0 Å². The lowest BCUT2D eigenvalue weighted by Crippen LogP contribution is -2.48. The smallest absolute Gasteiger partial charge is 0.322 e. The van der Waals surface area contributed by atoms with Gasteiger partial charge in [-0.25, -0.2) is 14.8 Å². The minimum atomic E-state index is -0.0862. The number of aromatic nitrogens is 5. The number of nitrogens with one attached hydrogen (secondary N) is 2. The zero-order valence-electron chi connectivity index (χ0n) is 23.6. The zero-order valence-corrected chi connectivity index (χ0v) is 23.6. The standard InChI is InChI=1S/C33H34N8O/c1-40-23-27(22-37-40)25-9-13-29(14-10-25)41(33(42)36-20-24-6-3-2-4-7-24)30-15-11-28(12-16-30)38-32-35-19-17-31(39-32)26-8-5-18-34-21-26/h2-10,13-14,17-19,21-23,28,30H,11-12,15-16,20H2,1H3,(H,36,42)(H,35,38,39). The molecule has 9 heteroatoms. The summed E-state index contributed by atoms with van der Waals surface area (Å²) in [7, 11) is 1.91. The molecule has 3 aromatic heterocycles. The Bertz CT molecular complexity index is 1600. The molecule has 0 spiro atoms. The van der Waals surface area contributed by atoms with Crippen LogP contribution in [0.25, 0.3) is 22.4 Å². The number of pyridine rings is 1. The number of anilines is 2. The summed E-state index contributed by atoms with van der Waals surface area (Å²) in [5, 5.41) is 11.0. The van der Waals surface area contributed by atoms with Crippen molar-refractivity contribution in [3.8, 4) is 22.4 Å². The van der Waals surface area contributed by atoms with Crippen LogP contribution in [0.15, 0.2) is 104 Å². The van der Waals surface area contributed by atoms with E-state index in [1.807, 2.05) is 85.0 Å². The highest BCUT2D eigenvalue weighted by molar-refractivity contribution is 5.93. The van der Waals surface area contributed by atoms with E-state index >= 15 is 0 Å². The van der Waals surface area contributed by atoms with E-state index in [2.05, 4.69) is 37.8 Å². The van der Waals surface area contributed by atoms with Crippen molar-refractivity contribution in [2.24, 2.45) is 7.05 Å². The number of hydrogen-bond acceptors (Lipinski definition) is 6. The summed E-state index contributed by atoms with van der Waals surface area (Å²) in [5.74, 6) is 0.614. The van der Waals surface area contributed by atoms with Gasteiger partial charge in [-0.3, -0.25) is 14.6 Å². The second-order valence-electron chi connectivity index (χ2n) is 10.6. The number of aryl methyl sites for hydroxylation is 1. The Hall–Kier alpha value is -5.05. The van der Waals surface area contributed by atoms with Crippen molar-refractivity contribution in [2.75, 3.05) is 10.2 Å². The molecule has 0 saturated heterocycles. The lowest BCUT2D eigenvalue weighted by atomic mass is 9.90. The molecule has 212 valence electrons. The van der Waals surface area contributed by atoms with E-state index in [0.717, 1.165) is 59.3 Å². The highest BCUT2D eigenvalue weighted by Crippen LogP contribution is 2.31. The third-order valence-electron chi connectivity index (χ3n) is 7.70. The largest absolute Gasteiger partial charge is 0.351 e. The van der Waals surface area contributed by atoms with Crippen LogP contribution in [0.4, 0.5) is 16.4 Å². The van der Waals surface area contributed by atoms with Crippen LogP contribution < -0.4 is 15.5 Å². The first-order valence-electron chi connectivity index (χ1n) is 14.3. The fourth-order valence-corrected chi connectivity index (χ4v) is 5.50. The van der Waals surface area contributed by atoms with Crippen molar-refractivity contribution >= 4 is 17.7 Å². The lowest BCUT2D eigenvalue weighted by molar-refractivity contribution is 0.240. The van der Waals surface area contributed by atoms with E-state index in [1.165, 1.54) is 0 Å². The van der Waals surface area contributed by atoms with E-state index in [4.69, 9.17) is 4.98 Å². The van der Waals surface area contributed by atoms with Crippen molar-refractivity contribution in [1.82, 2.24) is 30.0 Å². The number of rotatable bonds is 8. The molecule has 3 heterocycles. The maximum absolute atomic E-state index is 13.7. The number of hydrogen-bond donors (Lipinski definition) is 2. The third kappa shape index (κ3) is 6.46. The van der Waals surface area contributed by atoms with Gasteiger partial charge in [-0.2, -0.15) is 5.10 Å². The van der Waals surface area contributed by atoms with Crippen LogP contribution >= 0.6 is 0 Å². The second kappa shape index (κ2) is 12.6. The van der Waals surface area contributed by atoms with E-state index in [0.29, 0.717) is 12.5 Å². The molecule has 1 aliphatic carbocycles. The molecule has 6 rings (SSSR count). The molecular weight excluding hydrogens is 524 g/mol. The van der Waals surface area contributed by atoms with Gasteiger partial charge >= 0.3 is 6.03 Å². The number of nitrogens with zero attached hydrogens (tertiary/aromatic N) is 6. The van der Waals surface area contributed by atoms with Crippen molar-refractivity contribution in [3.63, 3.8) is 0 Å². The molecule has 5 aromatic rings. The quantitative estimate of drug-likeness (QED) is 0.239. The number of benzene rings is 2. The van der Waals surface area contributed by atoms with Gasteiger partial charge in [-0.1, -0.05) is 42.5 Å². The summed E-state index contributed by atoms with van der Waals surface area (Å²) < 4.78 is 1.79. The Balaban J connectivity index is 1.15. The molecule has 2 N–H and O–H groups in total. The molecule has 1 fully saturated rings. The summed E-state index contributed by atoms with van der Waals surface area (Å²) in [6.07, 6.45) is 12.7. The van der Waals surface area contributed by atoms with Crippen LogP contribution in [-0.2, 0) is 13.6 Å². The van der Waals surface area contributed by atoms with Crippen LogP contribution in [0.3, 0.4) is 0 Å². The minimum Gasteiger partial charge on any atom is -0.351 e.